The number of carbonyl (C=O) groups is 1. The van der Waals surface area contributed by atoms with Gasteiger partial charge in [0, 0.05) is 4.47 Å². The fourth-order valence-corrected chi connectivity index (χ4v) is 2.37. The van der Waals surface area contributed by atoms with Gasteiger partial charge in [-0.1, -0.05) is 48.3 Å². The molecule has 0 bridgehead atoms. The molecule has 1 unspecified atom stereocenters. The zero-order chi connectivity index (χ0) is 12.2. The molecule has 0 spiro atoms. The van der Waals surface area contributed by atoms with Gasteiger partial charge < -0.3 is 5.11 Å². The van der Waals surface area contributed by atoms with Gasteiger partial charge in [0.05, 0.1) is 5.41 Å². The van der Waals surface area contributed by atoms with Gasteiger partial charge in [-0.05, 0) is 30.5 Å². The number of benzene rings is 1. The molecule has 1 atom stereocenters. The Bertz CT molecular complexity index is 359. The van der Waals surface area contributed by atoms with E-state index in [1.54, 1.807) is 0 Å². The molecule has 0 saturated carbocycles. The van der Waals surface area contributed by atoms with Gasteiger partial charge in [0.15, 0.2) is 0 Å². The maximum atomic E-state index is 11.5. The third-order valence-corrected chi connectivity index (χ3v) is 3.62. The molecular formula is C13H17BrO2. The van der Waals surface area contributed by atoms with E-state index in [1.807, 2.05) is 38.1 Å². The van der Waals surface area contributed by atoms with Gasteiger partial charge in [-0.25, -0.2) is 0 Å². The Labute approximate surface area is 105 Å². The number of carboxylic acids is 1. The van der Waals surface area contributed by atoms with Crippen LogP contribution in [0.3, 0.4) is 0 Å². The second-order valence-corrected chi connectivity index (χ2v) is 4.91. The first-order valence-corrected chi connectivity index (χ1v) is 6.35. The number of halogens is 1. The largest absolute Gasteiger partial charge is 0.481 e. The van der Waals surface area contributed by atoms with Crippen LogP contribution >= 0.6 is 15.9 Å². The molecule has 0 aliphatic carbocycles. The smallest absolute Gasteiger partial charge is 0.314 e. The summed E-state index contributed by atoms with van der Waals surface area (Å²) in [7, 11) is 0. The lowest BCUT2D eigenvalue weighted by atomic mass is 9.75. The van der Waals surface area contributed by atoms with E-state index in [0.29, 0.717) is 12.8 Å². The van der Waals surface area contributed by atoms with Crippen LogP contribution in [0, 0.1) is 0 Å². The minimum atomic E-state index is -0.727. The van der Waals surface area contributed by atoms with E-state index in [9.17, 15) is 9.90 Å². The molecule has 1 N–H and O–H groups in total. The molecule has 0 fully saturated rings. The van der Waals surface area contributed by atoms with Crippen molar-refractivity contribution in [2.24, 2.45) is 0 Å². The lowest BCUT2D eigenvalue weighted by Gasteiger charge is -2.28. The Morgan fingerprint density at radius 3 is 2.25 bits per heavy atom. The standard InChI is InChI=1S/C13H17BrO2/c1-3-9-13(4-2,12(15)16)10-5-7-11(14)8-6-10/h5-8H,3-4,9H2,1-2H3,(H,15,16). The van der Waals surface area contributed by atoms with Gasteiger partial charge in [-0.2, -0.15) is 0 Å². The van der Waals surface area contributed by atoms with Crippen LogP contribution in [0.15, 0.2) is 28.7 Å². The molecule has 88 valence electrons. The highest BCUT2D eigenvalue weighted by Crippen LogP contribution is 2.34. The highest BCUT2D eigenvalue weighted by molar-refractivity contribution is 9.10. The van der Waals surface area contributed by atoms with Crippen LogP contribution in [0.2, 0.25) is 0 Å². The average Bonchev–Trinajstić information content (AvgIpc) is 2.27. The molecule has 0 aliphatic rings. The predicted octanol–water partition coefficient (Wildman–Crippen LogP) is 3.98. The first-order chi connectivity index (χ1) is 7.56. The number of hydrogen-bond acceptors (Lipinski definition) is 1. The number of rotatable bonds is 5. The van der Waals surface area contributed by atoms with Crippen molar-refractivity contribution in [1.82, 2.24) is 0 Å². The van der Waals surface area contributed by atoms with E-state index in [4.69, 9.17) is 0 Å². The van der Waals surface area contributed by atoms with Gasteiger partial charge in [0.1, 0.15) is 0 Å². The first kappa shape index (κ1) is 13.2. The zero-order valence-electron chi connectivity index (χ0n) is 9.66. The number of hydrogen-bond donors (Lipinski definition) is 1. The van der Waals surface area contributed by atoms with Crippen LogP contribution in [0.5, 0.6) is 0 Å². The third-order valence-electron chi connectivity index (χ3n) is 3.09. The summed E-state index contributed by atoms with van der Waals surface area (Å²) in [6, 6.07) is 7.60. The summed E-state index contributed by atoms with van der Waals surface area (Å²) in [5.41, 5.74) is 0.169. The van der Waals surface area contributed by atoms with Crippen molar-refractivity contribution < 1.29 is 9.90 Å². The molecule has 1 aromatic carbocycles. The fraction of sp³-hybridized carbons (Fsp3) is 0.462. The minimum absolute atomic E-state index is 0.623. The van der Waals surface area contributed by atoms with Gasteiger partial charge in [0.25, 0.3) is 0 Å². The summed E-state index contributed by atoms with van der Waals surface area (Å²) in [5, 5.41) is 9.47. The van der Waals surface area contributed by atoms with Crippen molar-refractivity contribution in [3.63, 3.8) is 0 Å². The Morgan fingerprint density at radius 2 is 1.88 bits per heavy atom. The third kappa shape index (κ3) is 2.46. The molecule has 0 aliphatic heterocycles. The van der Waals surface area contributed by atoms with Crippen LogP contribution in [0.1, 0.15) is 38.7 Å². The summed E-state index contributed by atoms with van der Waals surface area (Å²) >= 11 is 3.36. The average molecular weight is 285 g/mol. The molecule has 0 aromatic heterocycles. The SMILES string of the molecule is CCCC(CC)(C(=O)O)c1ccc(Br)cc1. The van der Waals surface area contributed by atoms with E-state index in [1.165, 1.54) is 0 Å². The molecule has 0 saturated heterocycles. The zero-order valence-corrected chi connectivity index (χ0v) is 11.3. The molecule has 0 amide bonds. The molecule has 0 radical (unpaired) electrons. The Balaban J connectivity index is 3.18. The maximum absolute atomic E-state index is 11.5. The first-order valence-electron chi connectivity index (χ1n) is 5.56. The van der Waals surface area contributed by atoms with E-state index in [2.05, 4.69) is 15.9 Å². The molecule has 3 heteroatoms. The molecule has 0 heterocycles. The van der Waals surface area contributed by atoms with Gasteiger partial charge in [-0.3, -0.25) is 4.79 Å². The maximum Gasteiger partial charge on any atom is 0.314 e. The topological polar surface area (TPSA) is 37.3 Å². The summed E-state index contributed by atoms with van der Waals surface area (Å²) in [6.45, 7) is 3.96. The van der Waals surface area contributed by atoms with E-state index in [0.717, 1.165) is 16.5 Å². The van der Waals surface area contributed by atoms with E-state index in [-0.39, 0.29) is 0 Å². The highest BCUT2D eigenvalue weighted by atomic mass is 79.9. The number of aliphatic carboxylic acids is 1. The van der Waals surface area contributed by atoms with Crippen LogP contribution < -0.4 is 0 Å². The van der Waals surface area contributed by atoms with Gasteiger partial charge in [-0.15, -0.1) is 0 Å². The van der Waals surface area contributed by atoms with Gasteiger partial charge >= 0.3 is 5.97 Å². The van der Waals surface area contributed by atoms with Crippen LogP contribution in [0.4, 0.5) is 0 Å². The van der Waals surface area contributed by atoms with E-state index >= 15 is 0 Å². The molecular weight excluding hydrogens is 268 g/mol. The Morgan fingerprint density at radius 1 is 1.31 bits per heavy atom. The lowest BCUT2D eigenvalue weighted by molar-refractivity contribution is -0.144. The van der Waals surface area contributed by atoms with Crippen molar-refractivity contribution in [2.45, 2.75) is 38.5 Å². The second kappa shape index (κ2) is 5.48. The second-order valence-electron chi connectivity index (χ2n) is 4.00. The van der Waals surface area contributed by atoms with Crippen molar-refractivity contribution in [1.29, 1.82) is 0 Å². The Hall–Kier alpha value is -0.830. The van der Waals surface area contributed by atoms with Crippen LogP contribution in [-0.4, -0.2) is 11.1 Å². The van der Waals surface area contributed by atoms with Crippen molar-refractivity contribution in [2.75, 3.05) is 0 Å². The summed E-state index contributed by atoms with van der Waals surface area (Å²) in [5.74, 6) is -0.723. The summed E-state index contributed by atoms with van der Waals surface area (Å²) < 4.78 is 0.975. The predicted molar refractivity (Wildman–Crippen MR) is 68.7 cm³/mol. The molecule has 1 aromatic rings. The monoisotopic (exact) mass is 284 g/mol. The van der Waals surface area contributed by atoms with Gasteiger partial charge in [0.2, 0.25) is 0 Å². The molecule has 2 nitrogen and oxygen atoms in total. The lowest BCUT2D eigenvalue weighted by Crippen LogP contribution is -2.35. The summed E-state index contributed by atoms with van der Waals surface area (Å²) in [6.07, 6.45) is 2.18. The van der Waals surface area contributed by atoms with Crippen LogP contribution in [0.25, 0.3) is 0 Å². The summed E-state index contributed by atoms with van der Waals surface area (Å²) in [4.78, 5) is 11.5. The number of carboxylic acid groups (broad SMARTS) is 1. The molecule has 1 rings (SSSR count). The quantitative estimate of drug-likeness (QED) is 0.888. The van der Waals surface area contributed by atoms with Crippen LogP contribution in [-0.2, 0) is 10.2 Å². The Kier molecular flexibility index (Phi) is 4.54. The highest BCUT2D eigenvalue weighted by Gasteiger charge is 2.37. The van der Waals surface area contributed by atoms with Crippen molar-refractivity contribution >= 4 is 21.9 Å². The minimum Gasteiger partial charge on any atom is -0.481 e. The molecule has 16 heavy (non-hydrogen) atoms. The van der Waals surface area contributed by atoms with Crippen molar-refractivity contribution in [3.8, 4) is 0 Å². The van der Waals surface area contributed by atoms with Crippen molar-refractivity contribution in [3.05, 3.63) is 34.3 Å². The normalized spacial score (nSPS) is 14.4. The fourth-order valence-electron chi connectivity index (χ4n) is 2.10. The van der Waals surface area contributed by atoms with E-state index < -0.39 is 11.4 Å².